The molecule has 23 heavy (non-hydrogen) atoms. The van der Waals surface area contributed by atoms with E-state index in [4.69, 9.17) is 9.47 Å². The third-order valence-corrected chi connectivity index (χ3v) is 4.40. The second-order valence-corrected chi connectivity index (χ2v) is 7.54. The number of fused-ring (bicyclic) bond motifs is 1. The Morgan fingerprint density at radius 3 is 2.52 bits per heavy atom. The van der Waals surface area contributed by atoms with Crippen LogP contribution in [0.3, 0.4) is 0 Å². The molecule has 1 N–H and O–H groups in total. The van der Waals surface area contributed by atoms with Crippen LogP contribution in [0, 0.1) is 0 Å². The Hall–Kier alpha value is -1.96. The van der Waals surface area contributed by atoms with Gasteiger partial charge in [-0.25, -0.2) is 8.42 Å². The number of benzene rings is 1. The van der Waals surface area contributed by atoms with E-state index in [0.717, 1.165) is 6.26 Å². The molecule has 0 bridgehead atoms. The molecule has 0 saturated heterocycles. The number of hydrogen-bond acceptors (Lipinski definition) is 5. The Labute approximate surface area is 136 Å². The summed E-state index contributed by atoms with van der Waals surface area (Å²) >= 11 is 0. The van der Waals surface area contributed by atoms with Gasteiger partial charge in [0.1, 0.15) is 13.2 Å². The van der Waals surface area contributed by atoms with Crippen molar-refractivity contribution in [1.29, 1.82) is 0 Å². The minimum atomic E-state index is -3.51. The van der Waals surface area contributed by atoms with E-state index >= 15 is 0 Å². The highest BCUT2D eigenvalue weighted by Crippen LogP contribution is 2.34. The SMILES string of the molecule is CC(C)NC(=O)CCN(c1ccc2c(c1)OCCO2)S(C)(=O)=O. The number of carbonyl (C=O) groups excluding carboxylic acids is 1. The van der Waals surface area contributed by atoms with Gasteiger partial charge in [-0.2, -0.15) is 0 Å². The first kappa shape index (κ1) is 17.4. The fourth-order valence-corrected chi connectivity index (χ4v) is 3.19. The van der Waals surface area contributed by atoms with Crippen molar-refractivity contribution >= 4 is 21.6 Å². The van der Waals surface area contributed by atoms with Gasteiger partial charge in [0.2, 0.25) is 15.9 Å². The molecular formula is C15H22N2O5S. The maximum atomic E-state index is 12.1. The summed E-state index contributed by atoms with van der Waals surface area (Å²) in [4.78, 5) is 11.8. The molecule has 1 heterocycles. The van der Waals surface area contributed by atoms with E-state index in [1.165, 1.54) is 4.31 Å². The zero-order chi connectivity index (χ0) is 17.0. The van der Waals surface area contributed by atoms with Crippen LogP contribution in [0.15, 0.2) is 18.2 Å². The molecule has 0 atom stereocenters. The van der Waals surface area contributed by atoms with Gasteiger partial charge in [0.25, 0.3) is 0 Å². The third kappa shape index (κ3) is 4.75. The third-order valence-electron chi connectivity index (χ3n) is 3.21. The minimum Gasteiger partial charge on any atom is -0.486 e. The van der Waals surface area contributed by atoms with Gasteiger partial charge in [-0.05, 0) is 26.0 Å². The van der Waals surface area contributed by atoms with Crippen LogP contribution in [-0.2, 0) is 14.8 Å². The summed E-state index contributed by atoms with van der Waals surface area (Å²) in [5.41, 5.74) is 0.453. The van der Waals surface area contributed by atoms with Gasteiger partial charge >= 0.3 is 0 Å². The highest BCUT2D eigenvalue weighted by Gasteiger charge is 2.21. The molecule has 0 spiro atoms. The molecule has 1 amide bonds. The quantitative estimate of drug-likeness (QED) is 0.838. The monoisotopic (exact) mass is 342 g/mol. The Morgan fingerprint density at radius 1 is 1.26 bits per heavy atom. The zero-order valence-electron chi connectivity index (χ0n) is 13.5. The highest BCUT2D eigenvalue weighted by atomic mass is 32.2. The van der Waals surface area contributed by atoms with Crippen LogP contribution in [0.1, 0.15) is 20.3 Å². The van der Waals surface area contributed by atoms with Crippen molar-refractivity contribution in [2.75, 3.05) is 30.3 Å². The van der Waals surface area contributed by atoms with Gasteiger partial charge in [0, 0.05) is 25.1 Å². The lowest BCUT2D eigenvalue weighted by atomic mass is 10.2. The molecule has 1 aliphatic heterocycles. The van der Waals surface area contributed by atoms with Crippen molar-refractivity contribution < 1.29 is 22.7 Å². The van der Waals surface area contributed by atoms with Crippen LogP contribution in [0.25, 0.3) is 0 Å². The van der Waals surface area contributed by atoms with Crippen molar-refractivity contribution in [3.63, 3.8) is 0 Å². The zero-order valence-corrected chi connectivity index (χ0v) is 14.4. The summed E-state index contributed by atoms with van der Waals surface area (Å²) in [6, 6.07) is 4.96. The lowest BCUT2D eigenvalue weighted by molar-refractivity contribution is -0.121. The summed E-state index contributed by atoms with van der Waals surface area (Å²) in [6.45, 7) is 4.67. The maximum Gasteiger partial charge on any atom is 0.232 e. The molecule has 0 saturated carbocycles. The molecule has 0 aromatic heterocycles. The Kier molecular flexibility index (Phi) is 5.35. The smallest absolute Gasteiger partial charge is 0.232 e. The molecule has 8 heteroatoms. The van der Waals surface area contributed by atoms with Crippen molar-refractivity contribution in [2.24, 2.45) is 0 Å². The average molecular weight is 342 g/mol. The maximum absolute atomic E-state index is 12.1. The first-order valence-corrected chi connectivity index (χ1v) is 9.29. The van der Waals surface area contributed by atoms with E-state index in [9.17, 15) is 13.2 Å². The Bertz CT molecular complexity index is 672. The van der Waals surface area contributed by atoms with Gasteiger partial charge in [-0.3, -0.25) is 9.10 Å². The topological polar surface area (TPSA) is 84.9 Å². The molecule has 0 radical (unpaired) electrons. The lowest BCUT2D eigenvalue weighted by Gasteiger charge is -2.25. The fraction of sp³-hybridized carbons (Fsp3) is 0.533. The molecule has 1 aromatic carbocycles. The molecule has 128 valence electrons. The van der Waals surface area contributed by atoms with Crippen molar-refractivity contribution in [3.05, 3.63) is 18.2 Å². The largest absolute Gasteiger partial charge is 0.486 e. The number of sulfonamides is 1. The fourth-order valence-electron chi connectivity index (χ4n) is 2.27. The molecule has 0 unspecified atom stereocenters. The minimum absolute atomic E-state index is 0.0171. The van der Waals surface area contributed by atoms with Crippen LogP contribution in [-0.4, -0.2) is 46.4 Å². The van der Waals surface area contributed by atoms with Gasteiger partial charge in [-0.15, -0.1) is 0 Å². The van der Waals surface area contributed by atoms with Crippen LogP contribution >= 0.6 is 0 Å². The van der Waals surface area contributed by atoms with E-state index in [2.05, 4.69) is 5.32 Å². The number of rotatable bonds is 6. The van der Waals surface area contributed by atoms with Gasteiger partial charge in [0.15, 0.2) is 11.5 Å². The average Bonchev–Trinajstić information content (AvgIpc) is 2.45. The molecule has 0 aliphatic carbocycles. The van der Waals surface area contributed by atoms with E-state index in [1.807, 2.05) is 13.8 Å². The van der Waals surface area contributed by atoms with Gasteiger partial charge in [-0.1, -0.05) is 0 Å². The van der Waals surface area contributed by atoms with Gasteiger partial charge < -0.3 is 14.8 Å². The van der Waals surface area contributed by atoms with Crippen molar-refractivity contribution in [2.45, 2.75) is 26.3 Å². The number of nitrogens with one attached hydrogen (secondary N) is 1. The second-order valence-electron chi connectivity index (χ2n) is 5.64. The first-order valence-electron chi connectivity index (χ1n) is 7.44. The predicted octanol–water partition coefficient (Wildman–Crippen LogP) is 1.14. The highest BCUT2D eigenvalue weighted by molar-refractivity contribution is 7.92. The Balaban J connectivity index is 2.17. The summed E-state index contributed by atoms with van der Waals surface area (Å²) in [5, 5.41) is 2.75. The van der Waals surface area contributed by atoms with Crippen LogP contribution < -0.4 is 19.1 Å². The first-order chi connectivity index (χ1) is 10.8. The lowest BCUT2D eigenvalue weighted by Crippen LogP contribution is -2.36. The van der Waals surface area contributed by atoms with E-state index in [1.54, 1.807) is 18.2 Å². The summed E-state index contributed by atoms with van der Waals surface area (Å²) in [6.07, 6.45) is 1.20. The number of hydrogen-bond donors (Lipinski definition) is 1. The van der Waals surface area contributed by atoms with Crippen LogP contribution in [0.5, 0.6) is 11.5 Å². The summed E-state index contributed by atoms with van der Waals surface area (Å²) in [7, 11) is -3.51. The molecule has 2 rings (SSSR count). The number of nitrogens with zero attached hydrogens (tertiary/aromatic N) is 1. The molecular weight excluding hydrogens is 320 g/mol. The molecule has 1 aromatic rings. The number of carbonyl (C=O) groups is 1. The predicted molar refractivity (Wildman–Crippen MR) is 87.5 cm³/mol. The molecule has 0 fully saturated rings. The Morgan fingerprint density at radius 2 is 1.91 bits per heavy atom. The normalized spacial score (nSPS) is 13.7. The number of ether oxygens (including phenoxy) is 2. The van der Waals surface area contributed by atoms with E-state index < -0.39 is 10.0 Å². The summed E-state index contributed by atoms with van der Waals surface area (Å²) < 4.78 is 36.2. The van der Waals surface area contributed by atoms with Gasteiger partial charge in [0.05, 0.1) is 11.9 Å². The van der Waals surface area contributed by atoms with Crippen molar-refractivity contribution in [1.82, 2.24) is 5.32 Å². The second kappa shape index (κ2) is 7.08. The van der Waals surface area contributed by atoms with E-state index in [-0.39, 0.29) is 24.9 Å². The van der Waals surface area contributed by atoms with Crippen molar-refractivity contribution in [3.8, 4) is 11.5 Å². The van der Waals surface area contributed by atoms with Crippen LogP contribution in [0.2, 0.25) is 0 Å². The molecule has 1 aliphatic rings. The standard InChI is InChI=1S/C15H22N2O5S/c1-11(2)16-15(18)6-7-17(23(3,19)20)12-4-5-13-14(10-12)22-9-8-21-13/h4-5,10-11H,6-9H2,1-3H3,(H,16,18). The van der Waals surface area contributed by atoms with Crippen LogP contribution in [0.4, 0.5) is 5.69 Å². The number of amides is 1. The number of anilines is 1. The molecule has 7 nitrogen and oxygen atoms in total. The van der Waals surface area contributed by atoms with E-state index in [0.29, 0.717) is 30.4 Å². The summed E-state index contributed by atoms with van der Waals surface area (Å²) in [5.74, 6) is 0.909.